The third-order valence-electron chi connectivity index (χ3n) is 1.99. The maximum absolute atomic E-state index is 9.07. The van der Waals surface area contributed by atoms with Crippen LogP contribution in [-0.2, 0) is 0 Å². The van der Waals surface area contributed by atoms with Gasteiger partial charge in [-0.3, -0.25) is 4.90 Å². The summed E-state index contributed by atoms with van der Waals surface area (Å²) in [5, 5.41) is 17.6. The second-order valence-electron chi connectivity index (χ2n) is 3.14. The lowest BCUT2D eigenvalue weighted by molar-refractivity contribution is 0.0658. The second kappa shape index (κ2) is 4.01. The molecule has 11 heavy (non-hydrogen) atoms. The van der Waals surface area contributed by atoms with Crippen LogP contribution in [0.15, 0.2) is 0 Å². The van der Waals surface area contributed by atoms with E-state index in [1.807, 2.05) is 0 Å². The van der Waals surface area contributed by atoms with Gasteiger partial charge in [-0.1, -0.05) is 0 Å². The van der Waals surface area contributed by atoms with Crippen LogP contribution < -0.4 is 5.73 Å². The Bertz CT molecular complexity index is 121. The Balaban J connectivity index is 2.17. The SMILES string of the molecule is N[C@@H]1CCN(CC(O)CO)C1. The van der Waals surface area contributed by atoms with Crippen LogP contribution in [0.1, 0.15) is 6.42 Å². The Hall–Kier alpha value is -0.160. The maximum Gasteiger partial charge on any atom is 0.0897 e. The van der Waals surface area contributed by atoms with Crippen LogP contribution in [0.2, 0.25) is 0 Å². The molecule has 0 amide bonds. The summed E-state index contributed by atoms with van der Waals surface area (Å²) in [5.74, 6) is 0. The van der Waals surface area contributed by atoms with Gasteiger partial charge in [0.2, 0.25) is 0 Å². The van der Waals surface area contributed by atoms with Gasteiger partial charge in [-0.15, -0.1) is 0 Å². The first kappa shape index (κ1) is 8.93. The first-order valence-electron chi connectivity index (χ1n) is 3.99. The Kier molecular flexibility index (Phi) is 3.26. The maximum atomic E-state index is 9.07. The Morgan fingerprint density at radius 1 is 1.64 bits per heavy atom. The van der Waals surface area contributed by atoms with Gasteiger partial charge in [-0.05, 0) is 13.0 Å². The molecule has 0 saturated carbocycles. The molecule has 0 radical (unpaired) electrons. The second-order valence-corrected chi connectivity index (χ2v) is 3.14. The molecule has 1 aliphatic heterocycles. The molecule has 4 N–H and O–H groups in total. The summed E-state index contributed by atoms with van der Waals surface area (Å²) >= 11 is 0. The zero-order valence-corrected chi connectivity index (χ0v) is 6.61. The summed E-state index contributed by atoms with van der Waals surface area (Å²) in [6.45, 7) is 2.17. The summed E-state index contributed by atoms with van der Waals surface area (Å²) in [6, 6.07) is 0.251. The first-order valence-corrected chi connectivity index (χ1v) is 3.99. The van der Waals surface area contributed by atoms with Gasteiger partial charge in [-0.25, -0.2) is 0 Å². The van der Waals surface area contributed by atoms with E-state index in [1.54, 1.807) is 0 Å². The van der Waals surface area contributed by atoms with E-state index in [0.29, 0.717) is 6.54 Å². The van der Waals surface area contributed by atoms with Gasteiger partial charge in [0, 0.05) is 19.1 Å². The highest BCUT2D eigenvalue weighted by atomic mass is 16.3. The molecular formula is C7H16N2O2. The molecule has 1 heterocycles. The van der Waals surface area contributed by atoms with Gasteiger partial charge in [-0.2, -0.15) is 0 Å². The number of nitrogens with two attached hydrogens (primary N) is 1. The molecule has 1 rings (SSSR count). The number of hydrogen-bond donors (Lipinski definition) is 3. The summed E-state index contributed by atoms with van der Waals surface area (Å²) in [6.07, 6.45) is 0.387. The largest absolute Gasteiger partial charge is 0.394 e. The third-order valence-corrected chi connectivity index (χ3v) is 1.99. The van der Waals surface area contributed by atoms with Crippen LogP contribution in [0.3, 0.4) is 0 Å². The average Bonchev–Trinajstić information content (AvgIpc) is 2.35. The molecule has 1 saturated heterocycles. The van der Waals surface area contributed by atoms with Gasteiger partial charge in [0.15, 0.2) is 0 Å². The molecule has 1 aliphatic rings. The van der Waals surface area contributed by atoms with E-state index >= 15 is 0 Å². The Labute approximate surface area is 66.6 Å². The lowest BCUT2D eigenvalue weighted by atomic mass is 10.3. The van der Waals surface area contributed by atoms with E-state index in [2.05, 4.69) is 4.90 Å². The van der Waals surface area contributed by atoms with Crippen molar-refractivity contribution in [3.05, 3.63) is 0 Å². The average molecular weight is 160 g/mol. The van der Waals surface area contributed by atoms with Crippen molar-refractivity contribution < 1.29 is 10.2 Å². The van der Waals surface area contributed by atoms with E-state index < -0.39 is 6.10 Å². The minimum Gasteiger partial charge on any atom is -0.394 e. The Morgan fingerprint density at radius 2 is 2.36 bits per heavy atom. The van der Waals surface area contributed by atoms with Crippen molar-refractivity contribution in [3.63, 3.8) is 0 Å². The topological polar surface area (TPSA) is 69.7 Å². The van der Waals surface area contributed by atoms with E-state index in [4.69, 9.17) is 15.9 Å². The molecule has 1 fully saturated rings. The first-order chi connectivity index (χ1) is 5.22. The predicted octanol–water partition coefficient (Wildman–Crippen LogP) is -1.63. The van der Waals surface area contributed by atoms with E-state index in [9.17, 15) is 0 Å². The summed E-state index contributed by atoms with van der Waals surface area (Å²) in [5.41, 5.74) is 5.66. The van der Waals surface area contributed by atoms with Crippen LogP contribution in [-0.4, -0.2) is 53.5 Å². The van der Waals surface area contributed by atoms with Gasteiger partial charge in [0.25, 0.3) is 0 Å². The summed E-state index contributed by atoms with van der Waals surface area (Å²) in [7, 11) is 0. The molecule has 0 aromatic carbocycles. The third kappa shape index (κ3) is 2.75. The predicted molar refractivity (Wildman–Crippen MR) is 42.1 cm³/mol. The molecular weight excluding hydrogens is 144 g/mol. The molecule has 0 aromatic rings. The van der Waals surface area contributed by atoms with E-state index in [1.165, 1.54) is 0 Å². The number of aliphatic hydroxyl groups excluding tert-OH is 2. The molecule has 4 heteroatoms. The minimum absolute atomic E-state index is 0.161. The zero-order chi connectivity index (χ0) is 8.27. The minimum atomic E-state index is -0.611. The van der Waals surface area contributed by atoms with Crippen molar-refractivity contribution in [1.29, 1.82) is 0 Å². The Morgan fingerprint density at radius 3 is 2.82 bits per heavy atom. The molecule has 1 unspecified atom stereocenters. The van der Waals surface area contributed by atoms with Crippen LogP contribution >= 0.6 is 0 Å². The molecule has 0 bridgehead atoms. The van der Waals surface area contributed by atoms with Crippen molar-refractivity contribution in [1.82, 2.24) is 4.90 Å². The van der Waals surface area contributed by atoms with Gasteiger partial charge < -0.3 is 15.9 Å². The lowest BCUT2D eigenvalue weighted by Crippen LogP contribution is -2.34. The van der Waals surface area contributed by atoms with E-state index in [0.717, 1.165) is 19.5 Å². The number of β-amino-alcohol motifs (C(OH)–C–C–N with tert-alkyl or cyclic N) is 1. The van der Waals surface area contributed by atoms with Crippen LogP contribution in [0.4, 0.5) is 0 Å². The van der Waals surface area contributed by atoms with Crippen molar-refractivity contribution >= 4 is 0 Å². The standard InChI is InChI=1S/C7H16N2O2/c8-6-1-2-9(3-6)4-7(11)5-10/h6-7,10-11H,1-5,8H2/t6-,7?/m1/s1. The molecule has 0 aliphatic carbocycles. The van der Waals surface area contributed by atoms with Crippen molar-refractivity contribution in [2.45, 2.75) is 18.6 Å². The highest BCUT2D eigenvalue weighted by molar-refractivity contribution is 4.78. The van der Waals surface area contributed by atoms with Crippen LogP contribution in [0, 0.1) is 0 Å². The fourth-order valence-corrected chi connectivity index (χ4v) is 1.38. The number of rotatable bonds is 3. The quantitative estimate of drug-likeness (QED) is 0.464. The van der Waals surface area contributed by atoms with Crippen LogP contribution in [0.5, 0.6) is 0 Å². The van der Waals surface area contributed by atoms with E-state index in [-0.39, 0.29) is 12.6 Å². The van der Waals surface area contributed by atoms with Gasteiger partial charge >= 0.3 is 0 Å². The smallest absolute Gasteiger partial charge is 0.0897 e. The van der Waals surface area contributed by atoms with Crippen molar-refractivity contribution in [3.8, 4) is 0 Å². The monoisotopic (exact) mass is 160 g/mol. The molecule has 4 nitrogen and oxygen atoms in total. The zero-order valence-electron chi connectivity index (χ0n) is 6.61. The number of nitrogens with zero attached hydrogens (tertiary/aromatic N) is 1. The van der Waals surface area contributed by atoms with Gasteiger partial charge in [0.05, 0.1) is 12.7 Å². The highest BCUT2D eigenvalue weighted by Crippen LogP contribution is 2.06. The molecule has 2 atom stereocenters. The fourth-order valence-electron chi connectivity index (χ4n) is 1.38. The number of aliphatic hydroxyl groups is 2. The van der Waals surface area contributed by atoms with Gasteiger partial charge in [0.1, 0.15) is 0 Å². The van der Waals surface area contributed by atoms with Crippen LogP contribution in [0.25, 0.3) is 0 Å². The normalized spacial score (nSPS) is 29.2. The molecule has 0 aromatic heterocycles. The summed E-state index contributed by atoms with van der Waals surface area (Å²) < 4.78 is 0. The van der Waals surface area contributed by atoms with Crippen molar-refractivity contribution in [2.24, 2.45) is 5.73 Å². The number of hydrogen-bond acceptors (Lipinski definition) is 4. The molecule has 66 valence electrons. The fraction of sp³-hybridized carbons (Fsp3) is 1.00. The molecule has 0 spiro atoms. The number of likely N-dealkylation sites (tertiary alicyclic amines) is 1. The highest BCUT2D eigenvalue weighted by Gasteiger charge is 2.20. The summed E-state index contributed by atoms with van der Waals surface area (Å²) in [4.78, 5) is 2.07. The van der Waals surface area contributed by atoms with Crippen molar-refractivity contribution in [2.75, 3.05) is 26.2 Å². The lowest BCUT2D eigenvalue weighted by Gasteiger charge is -2.17.